The van der Waals surface area contributed by atoms with E-state index in [-0.39, 0.29) is 11.4 Å². The molecule has 0 aromatic heterocycles. The number of nitrogens with zero attached hydrogens (tertiary/aromatic N) is 3. The molecule has 0 aliphatic carbocycles. The van der Waals surface area contributed by atoms with Gasteiger partial charge in [-0.2, -0.15) is 13.9 Å². The van der Waals surface area contributed by atoms with Crippen LogP contribution in [0.25, 0.3) is 6.08 Å². The normalized spacial score (nSPS) is 18.9. The Morgan fingerprint density at radius 2 is 1.87 bits per heavy atom. The first-order valence-corrected chi connectivity index (χ1v) is 8.88. The zero-order valence-electron chi connectivity index (χ0n) is 16.1. The molecule has 11 heteroatoms. The van der Waals surface area contributed by atoms with Crippen molar-refractivity contribution in [3.05, 3.63) is 75.8 Å². The van der Waals surface area contributed by atoms with Gasteiger partial charge in [0.1, 0.15) is 11.3 Å². The highest BCUT2D eigenvalue weighted by atomic mass is 19.3. The number of hydrazone groups is 1. The second-order valence-corrected chi connectivity index (χ2v) is 6.51. The number of nitro groups is 1. The maximum Gasteiger partial charge on any atom is 0.387 e. The van der Waals surface area contributed by atoms with Crippen molar-refractivity contribution < 1.29 is 28.0 Å². The van der Waals surface area contributed by atoms with Gasteiger partial charge in [-0.1, -0.05) is 24.3 Å². The van der Waals surface area contributed by atoms with Crippen molar-refractivity contribution in [3.63, 3.8) is 0 Å². The molecule has 1 saturated heterocycles. The summed E-state index contributed by atoms with van der Waals surface area (Å²) in [5.41, 5.74) is -0.888. The predicted molar refractivity (Wildman–Crippen MR) is 106 cm³/mol. The number of alkyl halides is 2. The summed E-state index contributed by atoms with van der Waals surface area (Å²) in [4.78, 5) is 35.5. The van der Waals surface area contributed by atoms with Crippen molar-refractivity contribution in [1.29, 1.82) is 0 Å². The number of urea groups is 1. The number of benzene rings is 2. The van der Waals surface area contributed by atoms with Gasteiger partial charge < -0.3 is 10.1 Å². The Kier molecular flexibility index (Phi) is 6.05. The number of nitro benzene ring substituents is 1. The Morgan fingerprint density at radius 1 is 1.19 bits per heavy atom. The molecule has 2 aromatic carbocycles. The number of ether oxygens (including phenoxy) is 1. The minimum absolute atomic E-state index is 0.0888. The number of nitrogens with one attached hydrogen (secondary N) is 1. The lowest BCUT2D eigenvalue weighted by atomic mass is 9.92. The molecule has 0 radical (unpaired) electrons. The maximum absolute atomic E-state index is 12.8. The number of halogens is 2. The first-order chi connectivity index (χ1) is 14.7. The highest BCUT2D eigenvalue weighted by Gasteiger charge is 2.49. The van der Waals surface area contributed by atoms with E-state index in [2.05, 4.69) is 15.2 Å². The Labute approximate surface area is 174 Å². The van der Waals surface area contributed by atoms with Gasteiger partial charge in [0, 0.05) is 12.3 Å². The van der Waals surface area contributed by atoms with E-state index in [1.54, 1.807) is 6.07 Å². The lowest BCUT2D eigenvalue weighted by Gasteiger charge is -2.21. The first kappa shape index (κ1) is 21.6. The molecule has 0 spiro atoms. The topological polar surface area (TPSA) is 114 Å². The monoisotopic (exact) mass is 430 g/mol. The van der Waals surface area contributed by atoms with Crippen LogP contribution in [-0.2, 0) is 10.3 Å². The van der Waals surface area contributed by atoms with Crippen molar-refractivity contribution in [2.75, 3.05) is 0 Å². The van der Waals surface area contributed by atoms with Crippen LogP contribution in [0.1, 0.15) is 18.1 Å². The molecule has 1 unspecified atom stereocenters. The van der Waals surface area contributed by atoms with Crippen LogP contribution in [0.3, 0.4) is 0 Å². The van der Waals surface area contributed by atoms with E-state index in [1.165, 1.54) is 61.5 Å². The second kappa shape index (κ2) is 8.69. The van der Waals surface area contributed by atoms with Crippen LogP contribution in [0, 0.1) is 10.1 Å². The summed E-state index contributed by atoms with van der Waals surface area (Å²) >= 11 is 0. The smallest absolute Gasteiger partial charge is 0.387 e. The number of allylic oxidation sites excluding steroid dienone is 1. The third kappa shape index (κ3) is 4.55. The largest absolute Gasteiger partial charge is 0.435 e. The van der Waals surface area contributed by atoms with Crippen LogP contribution in [0.5, 0.6) is 5.75 Å². The van der Waals surface area contributed by atoms with Gasteiger partial charge in [-0.15, -0.1) is 5.01 Å². The molecule has 9 nitrogen and oxygen atoms in total. The van der Waals surface area contributed by atoms with Gasteiger partial charge in [0.25, 0.3) is 11.6 Å². The Balaban J connectivity index is 1.75. The van der Waals surface area contributed by atoms with E-state index in [0.717, 1.165) is 6.21 Å². The van der Waals surface area contributed by atoms with Gasteiger partial charge in [0.2, 0.25) is 0 Å². The van der Waals surface area contributed by atoms with E-state index in [9.17, 15) is 28.5 Å². The number of para-hydroxylation sites is 1. The fourth-order valence-corrected chi connectivity index (χ4v) is 2.94. The summed E-state index contributed by atoms with van der Waals surface area (Å²) in [6.07, 6.45) is 3.93. The molecule has 1 aliphatic rings. The molecule has 31 heavy (non-hydrogen) atoms. The number of hydrogen-bond acceptors (Lipinski definition) is 6. The van der Waals surface area contributed by atoms with Gasteiger partial charge in [0.15, 0.2) is 0 Å². The average molecular weight is 430 g/mol. The number of amides is 3. The van der Waals surface area contributed by atoms with Crippen LogP contribution in [0.2, 0.25) is 0 Å². The highest BCUT2D eigenvalue weighted by molar-refractivity contribution is 6.07. The van der Waals surface area contributed by atoms with E-state index >= 15 is 0 Å². The van der Waals surface area contributed by atoms with Gasteiger partial charge >= 0.3 is 12.6 Å². The highest BCUT2D eigenvalue weighted by Crippen LogP contribution is 2.30. The molecule has 1 aliphatic heterocycles. The van der Waals surface area contributed by atoms with Gasteiger partial charge in [0.05, 0.1) is 10.5 Å². The molecule has 1 fully saturated rings. The molecular weight excluding hydrogens is 414 g/mol. The Bertz CT molecular complexity index is 1070. The quantitative estimate of drug-likeness (QED) is 0.312. The number of imide groups is 1. The predicted octanol–water partition coefficient (Wildman–Crippen LogP) is 3.66. The van der Waals surface area contributed by atoms with E-state index < -0.39 is 29.0 Å². The summed E-state index contributed by atoms with van der Waals surface area (Å²) in [6, 6.07) is 10.5. The number of rotatable bonds is 7. The van der Waals surface area contributed by atoms with Crippen LogP contribution >= 0.6 is 0 Å². The lowest BCUT2D eigenvalue weighted by Crippen LogP contribution is -2.40. The molecular formula is C20H16F2N4O5. The first-order valence-electron chi connectivity index (χ1n) is 8.88. The lowest BCUT2D eigenvalue weighted by molar-refractivity contribution is -0.385. The number of carbonyl (C=O) groups excluding carboxylic acids is 2. The SMILES string of the molecule is CC1(c2ccc(OC(F)F)cc2)NC(=O)N(N=CC=Cc2ccccc2[N+](=O)[O-])C1=O. The molecule has 3 amide bonds. The van der Waals surface area contributed by atoms with E-state index in [0.29, 0.717) is 16.1 Å². The van der Waals surface area contributed by atoms with E-state index in [1.807, 2.05) is 0 Å². The fourth-order valence-electron chi connectivity index (χ4n) is 2.94. The maximum atomic E-state index is 12.8. The summed E-state index contributed by atoms with van der Waals surface area (Å²) in [6.45, 7) is -1.53. The molecule has 1 heterocycles. The molecule has 0 saturated carbocycles. The van der Waals surface area contributed by atoms with Crippen molar-refractivity contribution >= 4 is 29.9 Å². The molecule has 2 aromatic rings. The molecule has 160 valence electrons. The van der Waals surface area contributed by atoms with Crippen LogP contribution < -0.4 is 10.1 Å². The van der Waals surface area contributed by atoms with Crippen molar-refractivity contribution in [3.8, 4) is 5.75 Å². The minimum atomic E-state index is -2.98. The average Bonchev–Trinajstić information content (AvgIpc) is 2.95. The minimum Gasteiger partial charge on any atom is -0.435 e. The fraction of sp³-hybridized carbons (Fsp3) is 0.150. The van der Waals surface area contributed by atoms with Gasteiger partial charge in [-0.3, -0.25) is 14.9 Å². The number of carbonyl (C=O) groups is 2. The summed E-state index contributed by atoms with van der Waals surface area (Å²) in [5.74, 6) is -0.774. The van der Waals surface area contributed by atoms with Crippen molar-refractivity contribution in [1.82, 2.24) is 10.3 Å². The number of hydrogen-bond donors (Lipinski definition) is 1. The summed E-state index contributed by atoms with van der Waals surface area (Å²) in [7, 11) is 0. The van der Waals surface area contributed by atoms with Gasteiger partial charge in [-0.05, 0) is 42.8 Å². The van der Waals surface area contributed by atoms with Crippen molar-refractivity contribution in [2.24, 2.45) is 5.10 Å². The molecule has 0 bridgehead atoms. The zero-order valence-corrected chi connectivity index (χ0v) is 16.1. The summed E-state index contributed by atoms with van der Waals surface area (Å²) in [5, 5.41) is 18.0. The van der Waals surface area contributed by atoms with Crippen molar-refractivity contribution in [2.45, 2.75) is 19.1 Å². The van der Waals surface area contributed by atoms with Crippen LogP contribution in [-0.4, -0.2) is 34.7 Å². The third-order valence-corrected chi connectivity index (χ3v) is 4.50. The Morgan fingerprint density at radius 3 is 2.52 bits per heavy atom. The van der Waals surface area contributed by atoms with Crippen LogP contribution in [0.4, 0.5) is 19.3 Å². The molecule has 1 N–H and O–H groups in total. The second-order valence-electron chi connectivity index (χ2n) is 6.51. The van der Waals surface area contributed by atoms with Crippen LogP contribution in [0.15, 0.2) is 59.7 Å². The standard InChI is InChI=1S/C20H16F2N4O5/c1-20(14-8-10-15(11-9-14)31-18(21)22)17(27)25(19(28)24-20)23-12-4-6-13-5-2-3-7-16(13)26(29)30/h2-12,18H,1H3,(H,24,28). The molecule has 1 atom stereocenters. The van der Waals surface area contributed by atoms with E-state index in [4.69, 9.17) is 0 Å². The zero-order chi connectivity index (χ0) is 22.6. The molecule has 3 rings (SSSR count). The third-order valence-electron chi connectivity index (χ3n) is 4.50. The summed E-state index contributed by atoms with van der Waals surface area (Å²) < 4.78 is 28.8. The Hall–Kier alpha value is -4.15. The van der Waals surface area contributed by atoms with Gasteiger partial charge in [-0.25, -0.2) is 4.79 Å².